The van der Waals surface area contributed by atoms with Crippen LogP contribution in [0.2, 0.25) is 0 Å². The van der Waals surface area contributed by atoms with Gasteiger partial charge in [0, 0.05) is 17.8 Å². The average Bonchev–Trinajstić information content (AvgIpc) is 2.40. The topological polar surface area (TPSA) is 56.3 Å². The molecule has 0 bridgehead atoms. The summed E-state index contributed by atoms with van der Waals surface area (Å²) in [5.41, 5.74) is 0.0670. The van der Waals surface area contributed by atoms with Gasteiger partial charge in [-0.3, -0.25) is 4.79 Å². The van der Waals surface area contributed by atoms with Gasteiger partial charge in [0.25, 0.3) is 5.78 Å². The summed E-state index contributed by atoms with van der Waals surface area (Å²) in [5, 5.41) is 0. The number of benzene rings is 1. The molecule has 0 saturated heterocycles. The van der Waals surface area contributed by atoms with E-state index in [0.29, 0.717) is 0 Å². The Bertz CT molecular complexity index is 567. The van der Waals surface area contributed by atoms with Gasteiger partial charge in [0.1, 0.15) is 5.82 Å². The van der Waals surface area contributed by atoms with Gasteiger partial charge < -0.3 is 4.74 Å². The van der Waals surface area contributed by atoms with Crippen LogP contribution in [0.15, 0.2) is 48.7 Å². The highest BCUT2D eigenvalue weighted by atomic mass is 19.1. The smallest absolute Gasteiger partial charge is 0.386 e. The Labute approximate surface area is 102 Å². The molecule has 4 nitrogen and oxygen atoms in total. The van der Waals surface area contributed by atoms with Gasteiger partial charge in [-0.15, -0.1) is 0 Å². The Morgan fingerprint density at radius 1 is 1.06 bits per heavy atom. The number of rotatable bonds is 3. The number of aromatic nitrogens is 1. The lowest BCUT2D eigenvalue weighted by Crippen LogP contribution is -2.20. The number of carbonyl (C=O) groups is 2. The largest absolute Gasteiger partial charge is 0.401 e. The van der Waals surface area contributed by atoms with Gasteiger partial charge in [0.2, 0.25) is 5.88 Å². The molecule has 2 rings (SSSR count). The standard InChI is InChI=1S/C13H8FNO3/c14-10-6-4-9(5-7-10)12(16)13(17)18-11-3-1-2-8-15-11/h1-8H. The number of ketones is 1. The van der Waals surface area contributed by atoms with Crippen LogP contribution in [-0.4, -0.2) is 16.7 Å². The van der Waals surface area contributed by atoms with Crippen LogP contribution in [0.3, 0.4) is 0 Å². The Balaban J connectivity index is 2.10. The Morgan fingerprint density at radius 3 is 2.39 bits per heavy atom. The summed E-state index contributed by atoms with van der Waals surface area (Å²) in [6.45, 7) is 0. The van der Waals surface area contributed by atoms with Crippen molar-refractivity contribution in [3.63, 3.8) is 0 Å². The number of pyridine rings is 1. The van der Waals surface area contributed by atoms with Gasteiger partial charge in [0.15, 0.2) is 0 Å². The van der Waals surface area contributed by atoms with E-state index < -0.39 is 17.6 Å². The van der Waals surface area contributed by atoms with Crippen molar-refractivity contribution in [2.75, 3.05) is 0 Å². The molecule has 1 aromatic carbocycles. The second-order valence-corrected chi connectivity index (χ2v) is 3.39. The van der Waals surface area contributed by atoms with Crippen molar-refractivity contribution in [1.82, 2.24) is 4.98 Å². The molecular formula is C13H8FNO3. The minimum Gasteiger partial charge on any atom is -0.401 e. The summed E-state index contributed by atoms with van der Waals surface area (Å²) >= 11 is 0. The lowest BCUT2D eigenvalue weighted by Gasteiger charge is -2.02. The molecule has 0 amide bonds. The lowest BCUT2D eigenvalue weighted by molar-refractivity contribution is -0.129. The SMILES string of the molecule is O=C(Oc1ccccn1)C(=O)c1ccc(F)cc1. The molecule has 5 heteroatoms. The molecule has 1 heterocycles. The highest BCUT2D eigenvalue weighted by molar-refractivity contribution is 6.41. The number of hydrogen-bond acceptors (Lipinski definition) is 4. The zero-order valence-corrected chi connectivity index (χ0v) is 9.17. The molecule has 1 aromatic heterocycles. The van der Waals surface area contributed by atoms with Crippen LogP contribution in [0.5, 0.6) is 5.88 Å². The van der Waals surface area contributed by atoms with E-state index in [1.54, 1.807) is 12.1 Å². The van der Waals surface area contributed by atoms with Crippen LogP contribution >= 0.6 is 0 Å². The third-order valence-electron chi connectivity index (χ3n) is 2.13. The van der Waals surface area contributed by atoms with Crippen LogP contribution < -0.4 is 4.74 Å². The highest BCUT2D eigenvalue weighted by Crippen LogP contribution is 2.08. The van der Waals surface area contributed by atoms with Crippen molar-refractivity contribution in [2.45, 2.75) is 0 Å². The first kappa shape index (κ1) is 11.9. The number of hydrogen-bond donors (Lipinski definition) is 0. The molecule has 0 fully saturated rings. The molecule has 0 saturated carbocycles. The maximum absolute atomic E-state index is 12.7. The summed E-state index contributed by atoms with van der Waals surface area (Å²) in [5.74, 6) is -2.34. The molecule has 90 valence electrons. The van der Waals surface area contributed by atoms with Gasteiger partial charge >= 0.3 is 5.97 Å². The van der Waals surface area contributed by atoms with E-state index in [0.717, 1.165) is 12.1 Å². The number of halogens is 1. The molecule has 0 atom stereocenters. The third-order valence-corrected chi connectivity index (χ3v) is 2.13. The fourth-order valence-electron chi connectivity index (χ4n) is 1.27. The first-order chi connectivity index (χ1) is 8.66. The first-order valence-corrected chi connectivity index (χ1v) is 5.10. The van der Waals surface area contributed by atoms with Crippen LogP contribution in [0.25, 0.3) is 0 Å². The number of ether oxygens (including phenoxy) is 1. The highest BCUT2D eigenvalue weighted by Gasteiger charge is 2.19. The Morgan fingerprint density at radius 2 is 1.78 bits per heavy atom. The molecule has 18 heavy (non-hydrogen) atoms. The molecule has 0 N–H and O–H groups in total. The molecular weight excluding hydrogens is 237 g/mol. The molecule has 0 aliphatic rings. The number of carbonyl (C=O) groups excluding carboxylic acids is 2. The summed E-state index contributed by atoms with van der Waals surface area (Å²) in [4.78, 5) is 26.9. The van der Waals surface area contributed by atoms with Crippen molar-refractivity contribution in [3.05, 3.63) is 60.0 Å². The number of esters is 1. The normalized spacial score (nSPS) is 9.83. The molecule has 0 aliphatic heterocycles. The quantitative estimate of drug-likeness (QED) is 0.471. The maximum Gasteiger partial charge on any atom is 0.386 e. The predicted octanol–water partition coefficient (Wildman–Crippen LogP) is 2.01. The molecule has 0 unspecified atom stereocenters. The van der Waals surface area contributed by atoms with Crippen molar-refractivity contribution >= 4 is 11.8 Å². The molecule has 0 spiro atoms. The monoisotopic (exact) mass is 245 g/mol. The summed E-state index contributed by atoms with van der Waals surface area (Å²) in [6.07, 6.45) is 1.44. The van der Waals surface area contributed by atoms with E-state index in [-0.39, 0.29) is 11.4 Å². The zero-order chi connectivity index (χ0) is 13.0. The van der Waals surface area contributed by atoms with Gasteiger partial charge in [-0.25, -0.2) is 14.2 Å². The van der Waals surface area contributed by atoms with E-state index in [9.17, 15) is 14.0 Å². The summed E-state index contributed by atoms with van der Waals surface area (Å²) in [7, 11) is 0. The van der Waals surface area contributed by atoms with E-state index in [4.69, 9.17) is 4.74 Å². The minimum atomic E-state index is -1.06. The van der Waals surface area contributed by atoms with Crippen LogP contribution in [0.4, 0.5) is 4.39 Å². The minimum absolute atomic E-state index is 0.0398. The van der Waals surface area contributed by atoms with Crippen molar-refractivity contribution in [3.8, 4) is 5.88 Å². The number of Topliss-reactive ketones (excluding diaryl/α,β-unsaturated/α-hetero) is 1. The van der Waals surface area contributed by atoms with Gasteiger partial charge in [-0.1, -0.05) is 6.07 Å². The Hall–Kier alpha value is -2.56. The first-order valence-electron chi connectivity index (χ1n) is 5.10. The van der Waals surface area contributed by atoms with Crippen molar-refractivity contribution in [2.24, 2.45) is 0 Å². The second-order valence-electron chi connectivity index (χ2n) is 3.39. The van der Waals surface area contributed by atoms with E-state index in [1.807, 2.05) is 0 Å². The van der Waals surface area contributed by atoms with Gasteiger partial charge in [-0.05, 0) is 30.3 Å². The molecule has 0 radical (unpaired) electrons. The Kier molecular flexibility index (Phi) is 3.43. The van der Waals surface area contributed by atoms with E-state index >= 15 is 0 Å². The summed E-state index contributed by atoms with van der Waals surface area (Å²) < 4.78 is 17.4. The number of nitrogens with zero attached hydrogens (tertiary/aromatic N) is 1. The van der Waals surface area contributed by atoms with E-state index in [1.165, 1.54) is 24.4 Å². The van der Waals surface area contributed by atoms with Gasteiger partial charge in [-0.2, -0.15) is 0 Å². The van der Waals surface area contributed by atoms with Crippen LogP contribution in [-0.2, 0) is 4.79 Å². The van der Waals surface area contributed by atoms with Crippen LogP contribution in [0.1, 0.15) is 10.4 Å². The maximum atomic E-state index is 12.7. The van der Waals surface area contributed by atoms with Crippen molar-refractivity contribution in [1.29, 1.82) is 0 Å². The lowest BCUT2D eigenvalue weighted by atomic mass is 10.1. The average molecular weight is 245 g/mol. The second kappa shape index (κ2) is 5.18. The predicted molar refractivity (Wildman–Crippen MR) is 60.6 cm³/mol. The fourth-order valence-corrected chi connectivity index (χ4v) is 1.27. The third kappa shape index (κ3) is 2.76. The van der Waals surface area contributed by atoms with Crippen LogP contribution in [0, 0.1) is 5.82 Å². The van der Waals surface area contributed by atoms with Gasteiger partial charge in [0.05, 0.1) is 0 Å². The summed E-state index contributed by atoms with van der Waals surface area (Å²) in [6, 6.07) is 9.37. The van der Waals surface area contributed by atoms with E-state index in [2.05, 4.69) is 4.98 Å². The van der Waals surface area contributed by atoms with Crippen molar-refractivity contribution < 1.29 is 18.7 Å². The molecule has 0 aliphatic carbocycles. The molecule has 2 aromatic rings. The fraction of sp³-hybridized carbons (Fsp3) is 0. The zero-order valence-electron chi connectivity index (χ0n) is 9.17.